The van der Waals surface area contributed by atoms with Crippen molar-refractivity contribution in [3.63, 3.8) is 0 Å². The van der Waals surface area contributed by atoms with Gasteiger partial charge >= 0.3 is 128 Å². The lowest BCUT2D eigenvalue weighted by Crippen LogP contribution is -2.93. The molecule has 0 N–H and O–H groups in total. The number of hydrogen-bond donors (Lipinski definition) is 0. The van der Waals surface area contributed by atoms with Crippen LogP contribution in [0.1, 0.15) is 64.2 Å². The molecule has 7 aliphatic heterocycles. The van der Waals surface area contributed by atoms with Crippen LogP contribution in [0.25, 0.3) is 0 Å². The van der Waals surface area contributed by atoms with E-state index in [0.29, 0.717) is 0 Å². The van der Waals surface area contributed by atoms with Crippen LogP contribution in [0, 0.1) is 5.92 Å². The van der Waals surface area contributed by atoms with Crippen LogP contribution in [0.2, 0.25) is 153 Å². The van der Waals surface area contributed by atoms with Crippen LogP contribution in [-0.4, -0.2) is 194 Å². The molecule has 0 saturated carbocycles. The average molecular weight is 1830 g/mol. The number of carbonyl (C=O) groups is 2. The number of ether oxygens (including phenoxy) is 1. The molecule has 0 aromatic rings. The molecule has 104 heavy (non-hydrogen) atoms. The van der Waals surface area contributed by atoms with E-state index in [2.05, 4.69) is 0 Å². The molecule has 7 rings (SSSR count). The molecule has 7 aliphatic rings. The summed E-state index contributed by atoms with van der Waals surface area (Å²) in [5, 5.41) is 0. The van der Waals surface area contributed by atoms with E-state index in [1.165, 1.54) is 13.1 Å². The normalized spacial score (nSPS) is 30.6. The Balaban J connectivity index is 1.96. The summed E-state index contributed by atoms with van der Waals surface area (Å²) in [7, 11) is -92.6. The van der Waals surface area contributed by atoms with Gasteiger partial charge in [0, 0.05) is 44.9 Å². The van der Waals surface area contributed by atoms with Gasteiger partial charge in [-0.25, -0.2) is 0 Å². The highest BCUT2D eigenvalue weighted by Crippen LogP contribution is 2.56. The highest BCUT2D eigenvalue weighted by Gasteiger charge is 2.93. The maximum Gasteiger partial charge on any atom is 0.651 e. The SMILES string of the molecule is C[Si](C)(CCCC1CC(=O)OC1=O)O[Si]12O[Si]3(O[Si](C)(C)CCC(F)(F)F)O[Si]4(O[Si](C)(C)CCC(F)(F)F)O[Si](O[Si](C)(C)CCC(F)(F)F)(O1)O[Si]1(O[Si](C)(C)CCC(F)(F)F)O[Si](O[Si](C)(C)CCC(F)(F)F)(O2)O[Si](O[Si](C)(C)CCC(F)(F)F)(O3)O[Si](O[Si](C)(C)CCC(F)(F)F)(O4)O1. The molecule has 1 atom stereocenters. The fourth-order valence-electron chi connectivity index (χ4n) is 10.6. The van der Waals surface area contributed by atoms with Gasteiger partial charge in [-0.2, -0.15) is 92.2 Å². The second-order valence-corrected chi connectivity index (χ2v) is 87.0. The first kappa shape index (κ1) is 93.2. The second-order valence-electron chi connectivity index (χ2n) is 30.5. The Morgan fingerprint density at radius 1 is 0.279 bits per heavy atom. The van der Waals surface area contributed by atoms with Crippen molar-refractivity contribution in [3.8, 4) is 0 Å². The van der Waals surface area contributed by atoms with Crippen molar-refractivity contribution in [2.24, 2.45) is 5.92 Å². The Kier molecular flexibility index (Phi) is 27.9. The summed E-state index contributed by atoms with van der Waals surface area (Å²) in [6.45, 7) is 16.8. The summed E-state index contributed by atoms with van der Waals surface area (Å²) < 4.78 is 450. The minimum absolute atomic E-state index is 0.178. The van der Waals surface area contributed by atoms with E-state index in [1.807, 2.05) is 0 Å². The van der Waals surface area contributed by atoms with Crippen molar-refractivity contribution in [3.05, 3.63) is 0 Å². The minimum atomic E-state index is -6.96. The number of esters is 2. The topological polar surface area (TPSA) is 228 Å². The lowest BCUT2D eigenvalue weighted by molar-refractivity contribution is -0.153. The second kappa shape index (κ2) is 31.2. The summed E-state index contributed by atoms with van der Waals surface area (Å²) >= 11 is 0. The Labute approximate surface area is 603 Å². The maximum atomic E-state index is 14.7. The van der Waals surface area contributed by atoms with Gasteiger partial charge in [-0.1, -0.05) is 6.42 Å². The van der Waals surface area contributed by atoms with Gasteiger partial charge in [0.25, 0.3) is 0 Å². The smallest absolute Gasteiger partial charge is 0.395 e. The van der Waals surface area contributed by atoms with E-state index in [0.717, 1.165) is 91.7 Å². The van der Waals surface area contributed by atoms with E-state index >= 15 is 0 Å². The number of halogens is 21. The van der Waals surface area contributed by atoms with Crippen LogP contribution in [0.5, 0.6) is 0 Å². The summed E-state index contributed by atoms with van der Waals surface area (Å²) in [6.07, 6.45) is -49.0. The molecule has 0 spiro atoms. The molecule has 7 heterocycles. The monoisotopic (exact) mass is 1830 g/mol. The van der Waals surface area contributed by atoms with E-state index in [-0.39, 0.29) is 18.9 Å². The van der Waals surface area contributed by atoms with Crippen molar-refractivity contribution in [2.75, 3.05) is 0 Å². The molecular weight excluding hydrogens is 1740 g/mol. The predicted octanol–water partition coefficient (Wildman–Crippen LogP) is 16.0. The van der Waals surface area contributed by atoms with E-state index in [9.17, 15) is 102 Å². The minimum Gasteiger partial charge on any atom is -0.395 e. The maximum absolute atomic E-state index is 14.7. The van der Waals surface area contributed by atoms with Gasteiger partial charge in [0.2, 0.25) is 0 Å². The Morgan fingerprint density at radius 3 is 0.548 bits per heavy atom. The summed E-state index contributed by atoms with van der Waals surface area (Å²) in [5.74, 6) is -2.98. The molecule has 610 valence electrons. The third-order valence-electron chi connectivity index (χ3n) is 15.6. The van der Waals surface area contributed by atoms with Crippen molar-refractivity contribution < 1.29 is 189 Å². The molecule has 0 amide bonds. The van der Waals surface area contributed by atoms with E-state index in [4.69, 9.17) is 87.0 Å². The van der Waals surface area contributed by atoms with Crippen LogP contribution in [0.15, 0.2) is 0 Å². The first-order valence-electron chi connectivity index (χ1n) is 32.2. The van der Waals surface area contributed by atoms with Gasteiger partial charge in [-0.05, 0) is 160 Å². The van der Waals surface area contributed by atoms with Crippen molar-refractivity contribution in [1.82, 2.24) is 0 Å². The molecule has 60 heteroatoms. The van der Waals surface area contributed by atoms with Gasteiger partial charge in [0.05, 0.1) is 12.3 Å². The van der Waals surface area contributed by atoms with Crippen LogP contribution in [0.3, 0.4) is 0 Å². The first-order chi connectivity index (χ1) is 46.0. The standard InChI is InChI=1S/C44H85F21O23Si16/c1-89(2,26-17-18-35-34-36(66)68-37(35)67)69-97-77-98(70-90(3,4)27-19-38(45,46)47)80-101(73-93(9,10)30-22-41(54,55)56)82-99(78-97,71-91(5,6)28-20-39(48,49)50)84-103(75-95(13,14)32-24-43(60,61)62)85-100(79-97,72-92(7,8)29-21-40(51,52)53)83-102(81-98,74-94(11,12)31-23-42(57,58)59)87-104(86-101,88-103)76-96(15,16)33-25-44(63,64)65/h35H,17-34H2,1-16H3. The van der Waals surface area contributed by atoms with Crippen LogP contribution < -0.4 is 0 Å². The molecule has 0 aromatic carbocycles. The zero-order valence-corrected chi connectivity index (χ0v) is 75.1. The molecule has 0 radical (unpaired) electrons. The molecular formula is C44H85F21O23Si16. The number of rotatable bonds is 34. The summed E-state index contributed by atoms with van der Waals surface area (Å²) in [6, 6.07) is -8.35. The zero-order valence-electron chi connectivity index (χ0n) is 59.1. The first-order valence-corrected chi connectivity index (χ1v) is 70.2. The summed E-state index contributed by atoms with van der Waals surface area (Å²) in [4.78, 5) is 25.1. The average Bonchev–Trinajstić information content (AvgIpc) is 0.716. The lowest BCUT2D eigenvalue weighted by Gasteiger charge is -2.61. The molecule has 23 nitrogen and oxygen atoms in total. The van der Waals surface area contributed by atoms with Crippen molar-refractivity contribution >= 4 is 151 Å². The van der Waals surface area contributed by atoms with E-state index in [1.54, 1.807) is 0 Å². The lowest BCUT2D eigenvalue weighted by atomic mass is 10.0. The largest absolute Gasteiger partial charge is 0.651 e. The highest BCUT2D eigenvalue weighted by atomic mass is 28.7. The highest BCUT2D eigenvalue weighted by molar-refractivity contribution is 7.04. The van der Waals surface area contributed by atoms with Gasteiger partial charge in [0.15, 0.2) is 66.5 Å². The fourth-order valence-corrected chi connectivity index (χ4v) is 83.4. The van der Waals surface area contributed by atoms with Crippen molar-refractivity contribution in [1.29, 1.82) is 0 Å². The predicted molar refractivity (Wildman–Crippen MR) is 349 cm³/mol. The molecule has 7 saturated heterocycles. The third-order valence-corrected chi connectivity index (χ3v) is 77.0. The van der Waals surface area contributed by atoms with Crippen LogP contribution in [0.4, 0.5) is 92.2 Å². The fraction of sp³-hybridized carbons (Fsp3) is 0.955. The molecule has 0 aromatic heterocycles. The van der Waals surface area contributed by atoms with Gasteiger partial charge in [0.1, 0.15) is 0 Å². The van der Waals surface area contributed by atoms with Crippen molar-refractivity contribution in [2.45, 2.75) is 261 Å². The van der Waals surface area contributed by atoms with Gasteiger partial charge in [-0.15, -0.1) is 0 Å². The quantitative estimate of drug-likeness (QED) is 0.0252. The number of hydrogen-bond acceptors (Lipinski definition) is 23. The van der Waals surface area contributed by atoms with E-state index < -0.39 is 294 Å². The molecule has 8 bridgehead atoms. The molecule has 0 aliphatic carbocycles. The Bertz CT molecular complexity index is 2730. The number of cyclic esters (lactones) is 2. The Hall–Kier alpha value is 0.340. The molecule has 7 fully saturated rings. The van der Waals surface area contributed by atoms with Crippen LogP contribution >= 0.6 is 0 Å². The summed E-state index contributed by atoms with van der Waals surface area (Å²) in [5.41, 5.74) is 0. The Morgan fingerprint density at radius 2 is 0.423 bits per heavy atom. The van der Waals surface area contributed by atoms with Gasteiger partial charge in [-0.3, -0.25) is 9.59 Å². The van der Waals surface area contributed by atoms with Gasteiger partial charge < -0.3 is 87.0 Å². The van der Waals surface area contributed by atoms with Crippen LogP contribution in [-0.2, 0) is 96.6 Å². The molecule has 1 unspecified atom stereocenters. The number of alkyl halides is 21. The third kappa shape index (κ3) is 29.6. The number of carbonyl (C=O) groups excluding carboxylic acids is 2. The zero-order chi connectivity index (χ0) is 79.8.